The summed E-state index contributed by atoms with van der Waals surface area (Å²) >= 11 is 0. The fourth-order valence-electron chi connectivity index (χ4n) is 6.33. The summed E-state index contributed by atoms with van der Waals surface area (Å²) in [5.41, 5.74) is 0. The number of carbonyl (C=O) groups excluding carboxylic acids is 8. The maximum Gasteiger partial charge on any atom is 0.328 e. The third-order valence-corrected chi connectivity index (χ3v) is 9.38. The van der Waals surface area contributed by atoms with Crippen LogP contribution in [0.1, 0.15) is 135 Å². The van der Waals surface area contributed by atoms with Crippen LogP contribution in [0, 0.1) is 29.6 Å². The van der Waals surface area contributed by atoms with E-state index in [1.54, 1.807) is 0 Å². The molecule has 1 aliphatic heterocycles. The fraction of sp³-hybridized carbons (Fsp3) is 0.805. The van der Waals surface area contributed by atoms with Crippen molar-refractivity contribution < 1.29 is 43.1 Å². The highest BCUT2D eigenvalue weighted by Gasteiger charge is 2.36. The molecule has 1 aliphatic rings. The summed E-state index contributed by atoms with van der Waals surface area (Å²) in [7, 11) is 0. The SMILES string of the molecule is CC(C)CCCC(=O)NC1C(=O)N[C@@H](C)C(=O)N[C@@H](CC(C)C)C(=O)N[C@H](CC(C)C)C(=O)N[C@H](CC(C)C)C(=O)N[C@@H](CC(C)C)C(=O)N[C@@H](C)C(=O)O[C@@H]1C. The van der Waals surface area contributed by atoms with Crippen molar-refractivity contribution in [2.24, 2.45) is 29.6 Å². The van der Waals surface area contributed by atoms with Gasteiger partial charge in [-0.15, -0.1) is 0 Å². The zero-order valence-corrected chi connectivity index (χ0v) is 36.6. The number of esters is 1. The molecule has 16 nitrogen and oxygen atoms in total. The first-order valence-electron chi connectivity index (χ1n) is 20.7. The number of rotatable bonds is 13. The van der Waals surface area contributed by atoms with Crippen molar-refractivity contribution in [1.82, 2.24) is 37.2 Å². The van der Waals surface area contributed by atoms with Gasteiger partial charge in [-0.3, -0.25) is 33.6 Å². The lowest BCUT2D eigenvalue weighted by Crippen LogP contribution is -2.61. The summed E-state index contributed by atoms with van der Waals surface area (Å²) < 4.78 is 5.62. The van der Waals surface area contributed by atoms with Crippen LogP contribution in [0.2, 0.25) is 0 Å². The number of ether oxygens (including phenoxy) is 1. The molecule has 0 aliphatic carbocycles. The molecular formula is C41H73N7O9. The Balaban J connectivity index is 3.74. The van der Waals surface area contributed by atoms with Gasteiger partial charge in [0.2, 0.25) is 41.4 Å². The molecule has 7 N–H and O–H groups in total. The topological polar surface area (TPSA) is 230 Å². The Labute approximate surface area is 340 Å². The molecule has 0 radical (unpaired) electrons. The van der Waals surface area contributed by atoms with Crippen molar-refractivity contribution in [1.29, 1.82) is 0 Å². The van der Waals surface area contributed by atoms with Gasteiger partial charge in [-0.1, -0.05) is 75.7 Å². The van der Waals surface area contributed by atoms with Gasteiger partial charge >= 0.3 is 5.97 Å². The van der Waals surface area contributed by atoms with E-state index in [1.807, 2.05) is 69.2 Å². The molecule has 1 unspecified atom stereocenters. The van der Waals surface area contributed by atoms with Gasteiger partial charge in [0.05, 0.1) is 0 Å². The molecule has 8 atom stereocenters. The van der Waals surface area contributed by atoms with Crippen LogP contribution in [0.25, 0.3) is 0 Å². The number of amides is 7. The van der Waals surface area contributed by atoms with E-state index in [0.29, 0.717) is 12.3 Å². The van der Waals surface area contributed by atoms with Crippen LogP contribution >= 0.6 is 0 Å². The minimum absolute atomic E-state index is 0.0475. The Morgan fingerprint density at radius 1 is 0.509 bits per heavy atom. The molecule has 1 saturated heterocycles. The molecule has 0 aromatic rings. The van der Waals surface area contributed by atoms with Crippen molar-refractivity contribution in [2.75, 3.05) is 0 Å². The molecule has 1 rings (SSSR count). The second-order valence-corrected chi connectivity index (χ2v) is 17.7. The van der Waals surface area contributed by atoms with Gasteiger partial charge in [0.1, 0.15) is 48.4 Å². The quantitative estimate of drug-likeness (QED) is 0.135. The maximum absolute atomic E-state index is 13.9. The van der Waals surface area contributed by atoms with Gasteiger partial charge in [0.25, 0.3) is 0 Å². The van der Waals surface area contributed by atoms with Gasteiger partial charge in [-0.2, -0.15) is 0 Å². The zero-order chi connectivity index (χ0) is 43.7. The summed E-state index contributed by atoms with van der Waals surface area (Å²) in [5.74, 6) is -5.28. The van der Waals surface area contributed by atoms with E-state index >= 15 is 0 Å². The van der Waals surface area contributed by atoms with Crippen molar-refractivity contribution in [3.63, 3.8) is 0 Å². The molecule has 1 heterocycles. The Kier molecular flexibility index (Phi) is 21.8. The van der Waals surface area contributed by atoms with Crippen molar-refractivity contribution in [3.05, 3.63) is 0 Å². The third-order valence-electron chi connectivity index (χ3n) is 9.38. The lowest BCUT2D eigenvalue weighted by molar-refractivity contribution is -0.155. The minimum Gasteiger partial charge on any atom is -0.458 e. The lowest BCUT2D eigenvalue weighted by Gasteiger charge is -2.30. The second kappa shape index (κ2) is 24.5. The predicted octanol–water partition coefficient (Wildman–Crippen LogP) is 2.38. The van der Waals surface area contributed by atoms with E-state index in [0.717, 1.165) is 6.42 Å². The normalized spacial score (nSPS) is 26.8. The van der Waals surface area contributed by atoms with E-state index in [-0.39, 0.29) is 55.8 Å². The van der Waals surface area contributed by atoms with Gasteiger partial charge in [0, 0.05) is 6.42 Å². The van der Waals surface area contributed by atoms with Crippen LogP contribution in [0.15, 0.2) is 0 Å². The number of hydrogen-bond acceptors (Lipinski definition) is 9. The summed E-state index contributed by atoms with van der Waals surface area (Å²) in [4.78, 5) is 109. The maximum atomic E-state index is 13.9. The van der Waals surface area contributed by atoms with Crippen molar-refractivity contribution in [2.45, 2.75) is 183 Å². The molecule has 7 amide bonds. The van der Waals surface area contributed by atoms with Crippen LogP contribution in [-0.2, 0) is 43.1 Å². The number of nitrogens with one attached hydrogen (secondary N) is 7. The summed E-state index contributed by atoms with van der Waals surface area (Å²) in [5, 5.41) is 18.9. The lowest BCUT2D eigenvalue weighted by atomic mass is 9.98. The molecule has 0 bridgehead atoms. The second-order valence-electron chi connectivity index (χ2n) is 17.7. The molecule has 0 aromatic carbocycles. The van der Waals surface area contributed by atoms with Crippen LogP contribution in [0.3, 0.4) is 0 Å². The van der Waals surface area contributed by atoms with Crippen LogP contribution in [0.5, 0.6) is 0 Å². The summed E-state index contributed by atoms with van der Waals surface area (Å²) in [6.45, 7) is 23.3. The Morgan fingerprint density at radius 3 is 1.23 bits per heavy atom. The van der Waals surface area contributed by atoms with E-state index in [4.69, 9.17) is 4.74 Å². The van der Waals surface area contributed by atoms with Crippen molar-refractivity contribution in [3.8, 4) is 0 Å². The summed E-state index contributed by atoms with van der Waals surface area (Å²) in [6.07, 6.45) is 1.03. The molecule has 57 heavy (non-hydrogen) atoms. The Morgan fingerprint density at radius 2 is 0.860 bits per heavy atom. The van der Waals surface area contributed by atoms with Gasteiger partial charge in [-0.05, 0) is 82.5 Å². The fourth-order valence-corrected chi connectivity index (χ4v) is 6.33. The van der Waals surface area contributed by atoms with E-state index in [1.165, 1.54) is 20.8 Å². The number of cyclic esters (lactones) is 1. The minimum atomic E-state index is -1.42. The molecule has 0 spiro atoms. The van der Waals surface area contributed by atoms with Crippen LogP contribution < -0.4 is 37.2 Å². The zero-order valence-electron chi connectivity index (χ0n) is 36.6. The molecule has 16 heteroatoms. The number of carbonyl (C=O) groups is 8. The van der Waals surface area contributed by atoms with E-state index in [9.17, 15) is 38.4 Å². The Bertz CT molecular complexity index is 1380. The first-order valence-corrected chi connectivity index (χ1v) is 20.7. The molecule has 0 aromatic heterocycles. The molecule has 1 fully saturated rings. The van der Waals surface area contributed by atoms with Crippen LogP contribution in [-0.4, -0.2) is 95.7 Å². The highest BCUT2D eigenvalue weighted by Crippen LogP contribution is 2.14. The monoisotopic (exact) mass is 808 g/mol. The summed E-state index contributed by atoms with van der Waals surface area (Å²) in [6, 6.07) is -8.19. The molecular weight excluding hydrogens is 734 g/mol. The van der Waals surface area contributed by atoms with Gasteiger partial charge in [-0.25, -0.2) is 4.79 Å². The highest BCUT2D eigenvalue weighted by molar-refractivity contribution is 5.97. The van der Waals surface area contributed by atoms with E-state index in [2.05, 4.69) is 37.2 Å². The average Bonchev–Trinajstić information content (AvgIpc) is 3.07. The molecule has 0 saturated carbocycles. The highest BCUT2D eigenvalue weighted by atomic mass is 16.5. The number of hydrogen-bond donors (Lipinski definition) is 7. The smallest absolute Gasteiger partial charge is 0.328 e. The van der Waals surface area contributed by atoms with Crippen molar-refractivity contribution >= 4 is 47.3 Å². The Hall–Kier alpha value is -4.24. The molecule has 326 valence electrons. The first-order chi connectivity index (χ1) is 26.4. The standard InChI is InChI=1S/C41H73N7O9/c1-21(2)15-14-16-33(49)48-34-28(13)57-41(56)27(12)43-36(51)29(17-22(3)4)45-38(53)31(19-24(7)8)47-39(54)32(20-25(9)10)46-37(52)30(18-23(5)6)44-35(50)26(11)42-40(34)55/h21-32,34H,14-20H2,1-13H3,(H,42,55)(H,43,51)(H,44,50)(H,45,53)(H,46,52)(H,47,54)(H,48,49)/t26-,27-,28+,29-,30-,31+,32+,34?/m0/s1. The average molecular weight is 808 g/mol. The third kappa shape index (κ3) is 19.2. The van der Waals surface area contributed by atoms with Gasteiger partial charge < -0.3 is 42.0 Å². The predicted molar refractivity (Wildman–Crippen MR) is 217 cm³/mol. The van der Waals surface area contributed by atoms with Gasteiger partial charge in [0.15, 0.2) is 0 Å². The van der Waals surface area contributed by atoms with Crippen LogP contribution in [0.4, 0.5) is 0 Å². The van der Waals surface area contributed by atoms with E-state index < -0.39 is 95.7 Å². The largest absolute Gasteiger partial charge is 0.458 e. The first kappa shape index (κ1) is 50.8.